The van der Waals surface area contributed by atoms with Gasteiger partial charge in [-0.25, -0.2) is 13.1 Å². The summed E-state index contributed by atoms with van der Waals surface area (Å²) >= 11 is 0. The Labute approximate surface area is 154 Å². The monoisotopic (exact) mass is 370 g/mol. The molecule has 2 aromatic rings. The van der Waals surface area contributed by atoms with Crippen molar-refractivity contribution in [2.75, 3.05) is 13.1 Å². The number of carbonyl (C=O) groups excluding carboxylic acids is 1. The summed E-state index contributed by atoms with van der Waals surface area (Å²) in [5, 5.41) is 0. The quantitative estimate of drug-likeness (QED) is 0.823. The first-order valence-electron chi connectivity index (χ1n) is 8.64. The van der Waals surface area contributed by atoms with Crippen LogP contribution in [0.3, 0.4) is 0 Å². The normalized spacial score (nSPS) is 16.1. The molecule has 0 bridgehead atoms. The molecule has 1 saturated heterocycles. The number of rotatable bonds is 5. The molecule has 1 amide bonds. The Morgan fingerprint density at radius 2 is 1.54 bits per heavy atom. The van der Waals surface area contributed by atoms with Crippen molar-refractivity contribution in [2.24, 2.45) is 0 Å². The van der Waals surface area contributed by atoms with Crippen molar-refractivity contribution in [2.45, 2.75) is 23.8 Å². The Hall–Kier alpha value is -2.44. The number of benzene rings is 2. The van der Waals surface area contributed by atoms with E-state index in [0.29, 0.717) is 25.9 Å². The van der Waals surface area contributed by atoms with Crippen LogP contribution in [0.25, 0.3) is 6.08 Å². The summed E-state index contributed by atoms with van der Waals surface area (Å²) in [5.74, 6) is -0.0433. The van der Waals surface area contributed by atoms with Crippen LogP contribution in [-0.2, 0) is 14.8 Å². The van der Waals surface area contributed by atoms with Crippen molar-refractivity contribution in [3.8, 4) is 0 Å². The molecule has 2 aromatic carbocycles. The summed E-state index contributed by atoms with van der Waals surface area (Å²) in [6, 6.07) is 17.9. The average Bonchev–Trinajstić information content (AvgIpc) is 2.68. The number of hydrogen-bond donors (Lipinski definition) is 1. The summed E-state index contributed by atoms with van der Waals surface area (Å²) in [6.45, 7) is 1.08. The minimum atomic E-state index is -3.51. The summed E-state index contributed by atoms with van der Waals surface area (Å²) in [5.41, 5.74) is 0.978. The highest BCUT2D eigenvalue weighted by atomic mass is 32.2. The SMILES string of the molecule is O=C(/C=C/c1ccccc1)N1CCC(NS(=O)(=O)c2ccccc2)CC1. The van der Waals surface area contributed by atoms with Crippen molar-refractivity contribution >= 4 is 22.0 Å². The molecule has 0 atom stereocenters. The van der Waals surface area contributed by atoms with Gasteiger partial charge in [0.2, 0.25) is 15.9 Å². The van der Waals surface area contributed by atoms with Crippen LogP contribution in [0.5, 0.6) is 0 Å². The second kappa shape index (κ2) is 8.29. The van der Waals surface area contributed by atoms with E-state index in [1.807, 2.05) is 30.3 Å². The van der Waals surface area contributed by atoms with Gasteiger partial charge in [-0.05, 0) is 36.6 Å². The van der Waals surface area contributed by atoms with Crippen LogP contribution in [0.4, 0.5) is 0 Å². The predicted molar refractivity (Wildman–Crippen MR) is 102 cm³/mol. The lowest BCUT2D eigenvalue weighted by Gasteiger charge is -2.31. The molecule has 6 heteroatoms. The van der Waals surface area contributed by atoms with Gasteiger partial charge in [-0.2, -0.15) is 0 Å². The summed E-state index contributed by atoms with van der Waals surface area (Å²) in [7, 11) is -3.51. The van der Waals surface area contributed by atoms with Gasteiger partial charge in [0.05, 0.1) is 4.90 Å². The lowest BCUT2D eigenvalue weighted by Crippen LogP contribution is -2.46. The van der Waals surface area contributed by atoms with Gasteiger partial charge in [0.1, 0.15) is 0 Å². The molecule has 0 aliphatic carbocycles. The van der Waals surface area contributed by atoms with E-state index in [-0.39, 0.29) is 16.8 Å². The second-order valence-electron chi connectivity index (χ2n) is 6.28. The third kappa shape index (κ3) is 4.80. The van der Waals surface area contributed by atoms with Crippen LogP contribution >= 0.6 is 0 Å². The molecular formula is C20H22N2O3S. The second-order valence-corrected chi connectivity index (χ2v) is 7.99. The maximum absolute atomic E-state index is 12.4. The fourth-order valence-electron chi connectivity index (χ4n) is 2.94. The Morgan fingerprint density at radius 3 is 2.15 bits per heavy atom. The molecule has 1 fully saturated rings. The van der Waals surface area contributed by atoms with Gasteiger partial charge in [-0.1, -0.05) is 48.5 Å². The molecule has 3 rings (SSSR count). The number of sulfonamides is 1. The molecule has 1 heterocycles. The largest absolute Gasteiger partial charge is 0.339 e. The molecule has 26 heavy (non-hydrogen) atoms. The third-order valence-electron chi connectivity index (χ3n) is 4.40. The van der Waals surface area contributed by atoms with E-state index in [2.05, 4.69) is 4.72 Å². The van der Waals surface area contributed by atoms with E-state index < -0.39 is 10.0 Å². The molecule has 1 aliphatic heterocycles. The fourth-order valence-corrected chi connectivity index (χ4v) is 4.27. The highest BCUT2D eigenvalue weighted by Gasteiger charge is 2.25. The predicted octanol–water partition coefficient (Wildman–Crippen LogP) is 2.67. The van der Waals surface area contributed by atoms with E-state index >= 15 is 0 Å². The molecule has 0 unspecified atom stereocenters. The molecule has 0 aromatic heterocycles. The van der Waals surface area contributed by atoms with Crippen LogP contribution in [-0.4, -0.2) is 38.4 Å². The van der Waals surface area contributed by atoms with E-state index in [0.717, 1.165) is 5.56 Å². The van der Waals surface area contributed by atoms with E-state index in [9.17, 15) is 13.2 Å². The minimum Gasteiger partial charge on any atom is -0.339 e. The molecule has 136 valence electrons. The number of carbonyl (C=O) groups is 1. The van der Waals surface area contributed by atoms with Crippen molar-refractivity contribution in [1.29, 1.82) is 0 Å². The summed E-state index contributed by atoms with van der Waals surface area (Å²) in [6.07, 6.45) is 4.59. The van der Waals surface area contributed by atoms with E-state index in [1.54, 1.807) is 47.4 Å². The maximum atomic E-state index is 12.4. The van der Waals surface area contributed by atoms with Crippen molar-refractivity contribution in [1.82, 2.24) is 9.62 Å². The van der Waals surface area contributed by atoms with Gasteiger partial charge in [-0.3, -0.25) is 4.79 Å². The first kappa shape index (κ1) is 18.4. The van der Waals surface area contributed by atoms with Crippen LogP contribution in [0.1, 0.15) is 18.4 Å². The summed E-state index contributed by atoms with van der Waals surface area (Å²) in [4.78, 5) is 14.3. The Morgan fingerprint density at radius 1 is 0.962 bits per heavy atom. The van der Waals surface area contributed by atoms with E-state index in [1.165, 1.54) is 0 Å². The van der Waals surface area contributed by atoms with Gasteiger partial charge >= 0.3 is 0 Å². The first-order chi connectivity index (χ1) is 12.5. The molecule has 1 aliphatic rings. The highest BCUT2D eigenvalue weighted by molar-refractivity contribution is 7.89. The number of amides is 1. The molecule has 0 saturated carbocycles. The first-order valence-corrected chi connectivity index (χ1v) is 10.1. The van der Waals surface area contributed by atoms with Crippen LogP contribution < -0.4 is 4.72 Å². The van der Waals surface area contributed by atoms with Crippen LogP contribution in [0.15, 0.2) is 71.6 Å². The van der Waals surface area contributed by atoms with Crippen LogP contribution in [0, 0.1) is 0 Å². The standard InChI is InChI=1S/C20H22N2O3S/c23-20(12-11-17-7-3-1-4-8-17)22-15-13-18(14-16-22)21-26(24,25)19-9-5-2-6-10-19/h1-12,18,21H,13-16H2/b12-11+. The molecule has 5 nitrogen and oxygen atoms in total. The van der Waals surface area contributed by atoms with Gasteiger partial charge in [0, 0.05) is 25.2 Å². The highest BCUT2D eigenvalue weighted by Crippen LogP contribution is 2.15. The molecule has 0 radical (unpaired) electrons. The Bertz CT molecular complexity index is 856. The topological polar surface area (TPSA) is 66.5 Å². The average molecular weight is 370 g/mol. The number of hydrogen-bond acceptors (Lipinski definition) is 3. The fraction of sp³-hybridized carbons (Fsp3) is 0.250. The maximum Gasteiger partial charge on any atom is 0.246 e. The van der Waals surface area contributed by atoms with Gasteiger partial charge in [0.15, 0.2) is 0 Å². The smallest absolute Gasteiger partial charge is 0.246 e. The zero-order chi connectivity index (χ0) is 18.4. The van der Waals surface area contributed by atoms with Gasteiger partial charge in [-0.15, -0.1) is 0 Å². The van der Waals surface area contributed by atoms with Crippen molar-refractivity contribution < 1.29 is 13.2 Å². The van der Waals surface area contributed by atoms with Crippen LogP contribution in [0.2, 0.25) is 0 Å². The number of nitrogens with zero attached hydrogens (tertiary/aromatic N) is 1. The number of nitrogens with one attached hydrogen (secondary N) is 1. The van der Waals surface area contributed by atoms with E-state index in [4.69, 9.17) is 0 Å². The van der Waals surface area contributed by atoms with Gasteiger partial charge in [0.25, 0.3) is 0 Å². The van der Waals surface area contributed by atoms with Gasteiger partial charge < -0.3 is 4.90 Å². The van der Waals surface area contributed by atoms with Crippen molar-refractivity contribution in [3.05, 3.63) is 72.3 Å². The lowest BCUT2D eigenvalue weighted by atomic mass is 10.1. The molecular weight excluding hydrogens is 348 g/mol. The lowest BCUT2D eigenvalue weighted by molar-refractivity contribution is -0.126. The Kier molecular flexibility index (Phi) is 5.85. The number of likely N-dealkylation sites (tertiary alicyclic amines) is 1. The van der Waals surface area contributed by atoms with Crippen molar-refractivity contribution in [3.63, 3.8) is 0 Å². The zero-order valence-corrected chi connectivity index (χ0v) is 15.2. The molecule has 0 spiro atoms. The minimum absolute atomic E-state index is 0.0433. The molecule has 1 N–H and O–H groups in total. The Balaban J connectivity index is 1.53. The zero-order valence-electron chi connectivity index (χ0n) is 14.4. The third-order valence-corrected chi connectivity index (χ3v) is 5.94. The number of piperidine rings is 1. The summed E-state index contributed by atoms with van der Waals surface area (Å²) < 4.78 is 27.5.